The van der Waals surface area contributed by atoms with Crippen LogP contribution >= 0.6 is 11.6 Å². The molecule has 16 heavy (non-hydrogen) atoms. The van der Waals surface area contributed by atoms with Crippen molar-refractivity contribution >= 4 is 17.4 Å². The minimum Gasteiger partial charge on any atom is -0.280 e. The second kappa shape index (κ2) is 4.10. The van der Waals surface area contributed by atoms with E-state index < -0.39 is 0 Å². The Morgan fingerprint density at radius 1 is 1.31 bits per heavy atom. The molecule has 0 aliphatic rings. The third-order valence-corrected chi connectivity index (χ3v) is 2.74. The van der Waals surface area contributed by atoms with E-state index in [2.05, 4.69) is 0 Å². The second-order valence-electron chi connectivity index (χ2n) is 3.68. The summed E-state index contributed by atoms with van der Waals surface area (Å²) < 4.78 is 3.61. The van der Waals surface area contributed by atoms with Crippen LogP contribution < -0.4 is 4.57 Å². The molecule has 2 aromatic rings. The van der Waals surface area contributed by atoms with E-state index in [0.29, 0.717) is 16.4 Å². The van der Waals surface area contributed by atoms with Crippen LogP contribution in [0, 0.1) is 0 Å². The van der Waals surface area contributed by atoms with E-state index in [1.165, 1.54) is 0 Å². The molecule has 0 N–H and O–H groups in total. The van der Waals surface area contributed by atoms with Crippen LogP contribution in [0.15, 0.2) is 36.7 Å². The van der Waals surface area contributed by atoms with Crippen LogP contribution in [0.3, 0.4) is 0 Å². The van der Waals surface area contributed by atoms with E-state index in [0.717, 1.165) is 0 Å². The summed E-state index contributed by atoms with van der Waals surface area (Å²) in [6, 6.07) is 6.91. The first-order chi connectivity index (χ1) is 7.59. The Kier molecular flexibility index (Phi) is 2.79. The van der Waals surface area contributed by atoms with E-state index in [4.69, 9.17) is 11.6 Å². The number of aryl methyl sites for hydroxylation is 2. The SMILES string of the molecule is Cn1cc[n+](C)c1C(=O)c1ccc(Cl)cc1. The maximum absolute atomic E-state index is 12.2. The summed E-state index contributed by atoms with van der Waals surface area (Å²) in [6.07, 6.45) is 3.70. The number of aromatic nitrogens is 2. The quantitative estimate of drug-likeness (QED) is 0.575. The highest BCUT2D eigenvalue weighted by atomic mass is 35.5. The summed E-state index contributed by atoms with van der Waals surface area (Å²) in [6.45, 7) is 0. The summed E-state index contributed by atoms with van der Waals surface area (Å²) >= 11 is 5.78. The van der Waals surface area contributed by atoms with Gasteiger partial charge in [-0.2, -0.15) is 0 Å². The van der Waals surface area contributed by atoms with Gasteiger partial charge in [-0.05, 0) is 24.3 Å². The number of rotatable bonds is 2. The number of carbonyl (C=O) groups is 1. The lowest BCUT2D eigenvalue weighted by Crippen LogP contribution is -2.35. The van der Waals surface area contributed by atoms with Gasteiger partial charge in [0.1, 0.15) is 12.4 Å². The van der Waals surface area contributed by atoms with Crippen molar-refractivity contribution in [2.24, 2.45) is 14.1 Å². The van der Waals surface area contributed by atoms with Gasteiger partial charge < -0.3 is 0 Å². The van der Waals surface area contributed by atoms with Gasteiger partial charge in [0.05, 0.1) is 14.1 Å². The number of imidazole rings is 1. The fourth-order valence-electron chi connectivity index (χ4n) is 1.64. The zero-order chi connectivity index (χ0) is 11.7. The van der Waals surface area contributed by atoms with Crippen LogP contribution in [0.25, 0.3) is 0 Å². The summed E-state index contributed by atoms with van der Waals surface area (Å²) in [5, 5.41) is 0.632. The van der Waals surface area contributed by atoms with Crippen LogP contribution in [-0.4, -0.2) is 10.4 Å². The zero-order valence-electron chi connectivity index (χ0n) is 9.14. The number of halogens is 1. The Hall–Kier alpha value is -1.61. The molecule has 2 rings (SSSR count). The summed E-state index contributed by atoms with van der Waals surface area (Å²) in [5.74, 6) is 0.633. The van der Waals surface area contributed by atoms with Crippen LogP contribution in [0.1, 0.15) is 16.2 Å². The summed E-state index contributed by atoms with van der Waals surface area (Å²) in [7, 11) is 3.70. The lowest BCUT2D eigenvalue weighted by molar-refractivity contribution is -0.672. The standard InChI is InChI=1S/C12H12ClN2O/c1-14-7-8-15(2)12(14)11(16)9-3-5-10(13)6-4-9/h3-8H,1-2H3/q+1. The summed E-state index contributed by atoms with van der Waals surface area (Å²) in [4.78, 5) is 12.2. The van der Waals surface area contributed by atoms with Gasteiger partial charge in [-0.3, -0.25) is 4.79 Å². The normalized spacial score (nSPS) is 10.4. The van der Waals surface area contributed by atoms with Gasteiger partial charge in [0.25, 0.3) is 5.78 Å². The van der Waals surface area contributed by atoms with Crippen molar-refractivity contribution in [2.45, 2.75) is 0 Å². The highest BCUT2D eigenvalue weighted by Gasteiger charge is 2.22. The molecule has 1 heterocycles. The lowest BCUT2D eigenvalue weighted by Gasteiger charge is -1.98. The summed E-state index contributed by atoms with van der Waals surface area (Å²) in [5.41, 5.74) is 0.641. The second-order valence-corrected chi connectivity index (χ2v) is 4.12. The molecule has 0 radical (unpaired) electrons. The molecular weight excluding hydrogens is 224 g/mol. The van der Waals surface area contributed by atoms with Crippen molar-refractivity contribution in [3.05, 3.63) is 53.1 Å². The first-order valence-electron chi connectivity index (χ1n) is 4.91. The van der Waals surface area contributed by atoms with Crippen LogP contribution in [0.2, 0.25) is 5.02 Å². The lowest BCUT2D eigenvalue weighted by atomic mass is 10.1. The highest BCUT2D eigenvalue weighted by molar-refractivity contribution is 6.30. The van der Waals surface area contributed by atoms with E-state index in [9.17, 15) is 4.79 Å². The van der Waals surface area contributed by atoms with Crippen molar-refractivity contribution in [1.29, 1.82) is 0 Å². The van der Waals surface area contributed by atoms with Crippen molar-refractivity contribution in [1.82, 2.24) is 4.57 Å². The molecule has 0 bridgehead atoms. The van der Waals surface area contributed by atoms with E-state index in [-0.39, 0.29) is 5.78 Å². The number of benzene rings is 1. The van der Waals surface area contributed by atoms with Gasteiger partial charge in [-0.25, -0.2) is 9.13 Å². The number of nitrogens with zero attached hydrogens (tertiary/aromatic N) is 2. The Morgan fingerprint density at radius 3 is 2.44 bits per heavy atom. The Bertz CT molecular complexity index is 509. The number of ketones is 1. The largest absolute Gasteiger partial charge is 0.330 e. The number of carbonyl (C=O) groups excluding carboxylic acids is 1. The third-order valence-electron chi connectivity index (χ3n) is 2.49. The van der Waals surface area contributed by atoms with Gasteiger partial charge >= 0.3 is 5.82 Å². The minimum atomic E-state index is -0.00772. The Labute approximate surface area is 98.9 Å². The molecule has 0 saturated heterocycles. The fraction of sp³-hybridized carbons (Fsp3) is 0.167. The van der Waals surface area contributed by atoms with Crippen molar-refractivity contribution in [3.8, 4) is 0 Å². The molecule has 3 nitrogen and oxygen atoms in total. The molecule has 0 unspecified atom stereocenters. The van der Waals surface area contributed by atoms with E-state index in [1.807, 2.05) is 26.5 Å². The Balaban J connectivity index is 2.43. The molecule has 4 heteroatoms. The van der Waals surface area contributed by atoms with Crippen molar-refractivity contribution in [2.75, 3.05) is 0 Å². The van der Waals surface area contributed by atoms with Crippen LogP contribution in [0.4, 0.5) is 0 Å². The van der Waals surface area contributed by atoms with E-state index >= 15 is 0 Å². The molecule has 0 atom stereocenters. The van der Waals surface area contributed by atoms with Gasteiger partial charge in [0.2, 0.25) is 0 Å². The maximum Gasteiger partial charge on any atom is 0.330 e. The molecule has 0 spiro atoms. The van der Waals surface area contributed by atoms with E-state index in [1.54, 1.807) is 33.4 Å². The smallest absolute Gasteiger partial charge is 0.280 e. The zero-order valence-corrected chi connectivity index (χ0v) is 9.90. The molecule has 0 saturated carbocycles. The molecule has 0 aliphatic carbocycles. The molecule has 0 aliphatic heterocycles. The van der Waals surface area contributed by atoms with Gasteiger partial charge in [-0.15, -0.1) is 0 Å². The van der Waals surface area contributed by atoms with Gasteiger partial charge in [0, 0.05) is 10.6 Å². The average Bonchev–Trinajstić information content (AvgIpc) is 2.59. The maximum atomic E-state index is 12.2. The van der Waals surface area contributed by atoms with Crippen molar-refractivity contribution in [3.63, 3.8) is 0 Å². The number of hydrogen-bond donors (Lipinski definition) is 0. The Morgan fingerprint density at radius 2 is 1.94 bits per heavy atom. The molecule has 1 aromatic heterocycles. The first kappa shape index (κ1) is 10.9. The predicted octanol–water partition coefficient (Wildman–Crippen LogP) is 1.73. The highest BCUT2D eigenvalue weighted by Crippen LogP contribution is 2.12. The topological polar surface area (TPSA) is 25.9 Å². The fourth-order valence-corrected chi connectivity index (χ4v) is 1.77. The molecule has 1 aromatic carbocycles. The molecule has 82 valence electrons. The monoisotopic (exact) mass is 235 g/mol. The number of hydrogen-bond acceptors (Lipinski definition) is 1. The van der Waals surface area contributed by atoms with Gasteiger partial charge in [0.15, 0.2) is 0 Å². The predicted molar refractivity (Wildman–Crippen MR) is 61.5 cm³/mol. The third kappa shape index (κ3) is 1.86. The van der Waals surface area contributed by atoms with Crippen molar-refractivity contribution < 1.29 is 9.36 Å². The molecular formula is C12H12ClN2O+. The molecule has 0 amide bonds. The minimum absolute atomic E-state index is 0.00772. The average molecular weight is 236 g/mol. The van der Waals surface area contributed by atoms with Gasteiger partial charge in [-0.1, -0.05) is 11.6 Å². The first-order valence-corrected chi connectivity index (χ1v) is 5.28. The molecule has 0 fully saturated rings. The van der Waals surface area contributed by atoms with Crippen LogP contribution in [-0.2, 0) is 14.1 Å². The van der Waals surface area contributed by atoms with Crippen LogP contribution in [0.5, 0.6) is 0 Å².